The first-order valence-corrected chi connectivity index (χ1v) is 7.30. The molecular weight excluding hydrogens is 332 g/mol. The number of nitrogens with zero attached hydrogens (tertiary/aromatic N) is 3. The van der Waals surface area contributed by atoms with Crippen LogP contribution in [0.3, 0.4) is 0 Å². The van der Waals surface area contributed by atoms with Crippen LogP contribution in [-0.2, 0) is 4.79 Å². The highest BCUT2D eigenvalue weighted by Crippen LogP contribution is 2.28. The van der Waals surface area contributed by atoms with E-state index in [4.69, 9.17) is 0 Å². The van der Waals surface area contributed by atoms with Crippen LogP contribution in [0.15, 0.2) is 58.2 Å². The van der Waals surface area contributed by atoms with Gasteiger partial charge in [0.25, 0.3) is 0 Å². The van der Waals surface area contributed by atoms with E-state index in [0.29, 0.717) is 6.54 Å². The molecular formula is C15H13BrN4O. The van der Waals surface area contributed by atoms with Gasteiger partial charge < -0.3 is 0 Å². The van der Waals surface area contributed by atoms with Crippen molar-refractivity contribution < 1.29 is 4.79 Å². The van der Waals surface area contributed by atoms with Crippen LogP contribution in [0.25, 0.3) is 0 Å². The van der Waals surface area contributed by atoms with Crippen molar-refractivity contribution >= 4 is 33.6 Å². The Kier molecular flexibility index (Phi) is 4.08. The highest BCUT2D eigenvalue weighted by Gasteiger charge is 2.25. The lowest BCUT2D eigenvalue weighted by atomic mass is 10.2. The number of rotatable bonds is 3. The zero-order valence-corrected chi connectivity index (χ0v) is 12.7. The Morgan fingerprint density at radius 1 is 1.24 bits per heavy atom. The second-order valence-corrected chi connectivity index (χ2v) is 5.37. The molecule has 2 heterocycles. The first kappa shape index (κ1) is 13.9. The number of carbonyl (C=O) groups is 1. The van der Waals surface area contributed by atoms with Crippen LogP contribution < -0.4 is 10.3 Å². The van der Waals surface area contributed by atoms with Gasteiger partial charge in [-0.1, -0.05) is 18.2 Å². The lowest BCUT2D eigenvalue weighted by Gasteiger charge is -2.31. The van der Waals surface area contributed by atoms with Crippen LogP contribution in [-0.4, -0.2) is 29.7 Å². The number of hydrogen-bond acceptors (Lipinski definition) is 5. The van der Waals surface area contributed by atoms with Gasteiger partial charge in [0.15, 0.2) is 12.5 Å². The van der Waals surface area contributed by atoms with Crippen LogP contribution in [0.5, 0.6) is 0 Å². The van der Waals surface area contributed by atoms with Gasteiger partial charge in [0, 0.05) is 17.2 Å². The van der Waals surface area contributed by atoms with Crippen LogP contribution >= 0.6 is 15.9 Å². The number of benzene rings is 1. The van der Waals surface area contributed by atoms with E-state index in [1.807, 2.05) is 42.5 Å². The van der Waals surface area contributed by atoms with E-state index in [2.05, 4.69) is 31.3 Å². The summed E-state index contributed by atoms with van der Waals surface area (Å²) in [6.45, 7) is 0.501. The number of halogens is 1. The van der Waals surface area contributed by atoms with Crippen molar-refractivity contribution in [1.29, 1.82) is 0 Å². The molecule has 1 aliphatic rings. The maximum Gasteiger partial charge on any atom is 0.159 e. The Labute approximate surface area is 130 Å². The molecule has 0 fully saturated rings. The Balaban J connectivity index is 2.03. The van der Waals surface area contributed by atoms with E-state index in [9.17, 15) is 4.79 Å². The predicted molar refractivity (Wildman–Crippen MR) is 85.2 cm³/mol. The summed E-state index contributed by atoms with van der Waals surface area (Å²) < 4.78 is 0.879. The third-order valence-electron chi connectivity index (χ3n) is 3.16. The lowest BCUT2D eigenvalue weighted by molar-refractivity contribution is -0.109. The van der Waals surface area contributed by atoms with Crippen molar-refractivity contribution in [3.8, 4) is 0 Å². The minimum Gasteiger partial charge on any atom is -0.299 e. The number of hydrogen-bond donors (Lipinski definition) is 1. The first-order valence-electron chi connectivity index (χ1n) is 6.51. The van der Waals surface area contributed by atoms with Crippen molar-refractivity contribution in [2.24, 2.45) is 5.10 Å². The molecule has 1 unspecified atom stereocenters. The summed E-state index contributed by atoms with van der Waals surface area (Å²) in [5, 5.41) is 9.43. The number of nitrogens with one attached hydrogen (secondary N) is 1. The molecule has 21 heavy (non-hydrogen) atoms. The maximum atomic E-state index is 11.3. The van der Waals surface area contributed by atoms with E-state index >= 15 is 0 Å². The summed E-state index contributed by atoms with van der Waals surface area (Å²) in [5.74, 6) is 0. The molecule has 3 rings (SSSR count). The lowest BCUT2D eigenvalue weighted by Crippen LogP contribution is -2.51. The number of aldehydes is 1. The summed E-state index contributed by atoms with van der Waals surface area (Å²) >= 11 is 3.49. The second-order valence-electron chi connectivity index (χ2n) is 4.52. The Bertz CT molecular complexity index is 674. The zero-order chi connectivity index (χ0) is 14.7. The van der Waals surface area contributed by atoms with Gasteiger partial charge in [0.1, 0.15) is 5.71 Å². The van der Waals surface area contributed by atoms with Crippen molar-refractivity contribution in [1.82, 2.24) is 10.3 Å². The van der Waals surface area contributed by atoms with Gasteiger partial charge in [0.05, 0.1) is 11.4 Å². The monoisotopic (exact) mass is 344 g/mol. The normalized spacial score (nSPS) is 18.2. The quantitative estimate of drug-likeness (QED) is 0.867. The van der Waals surface area contributed by atoms with Gasteiger partial charge in [-0.2, -0.15) is 5.10 Å². The van der Waals surface area contributed by atoms with E-state index in [1.165, 1.54) is 0 Å². The molecule has 0 saturated carbocycles. The smallest absolute Gasteiger partial charge is 0.159 e. The van der Waals surface area contributed by atoms with E-state index in [-0.39, 0.29) is 0 Å². The van der Waals surface area contributed by atoms with E-state index in [0.717, 1.165) is 27.9 Å². The van der Waals surface area contributed by atoms with E-state index in [1.54, 1.807) is 11.2 Å². The average Bonchev–Trinajstić information content (AvgIpc) is 2.55. The number of hydrazone groups is 1. The van der Waals surface area contributed by atoms with Crippen molar-refractivity contribution in [2.75, 3.05) is 11.6 Å². The number of aromatic nitrogens is 1. The summed E-state index contributed by atoms with van der Waals surface area (Å²) in [5.41, 5.74) is 2.42. The first-order chi connectivity index (χ1) is 10.3. The molecule has 0 radical (unpaired) electrons. The Hall–Kier alpha value is -2.05. The van der Waals surface area contributed by atoms with Gasteiger partial charge >= 0.3 is 0 Å². The fraction of sp³-hybridized carbons (Fsp3) is 0.133. The number of anilines is 1. The molecule has 0 amide bonds. The molecule has 1 aromatic heterocycles. The number of carbonyl (C=O) groups excluding carboxylic acids is 1. The highest BCUT2D eigenvalue weighted by atomic mass is 79.9. The summed E-state index contributed by atoms with van der Waals surface area (Å²) in [7, 11) is 0. The highest BCUT2D eigenvalue weighted by molar-refractivity contribution is 9.10. The zero-order valence-electron chi connectivity index (χ0n) is 11.1. The number of pyridine rings is 1. The second kappa shape index (κ2) is 6.15. The molecule has 5 nitrogen and oxygen atoms in total. The third-order valence-corrected chi connectivity index (χ3v) is 3.83. The fourth-order valence-electron chi connectivity index (χ4n) is 2.14. The van der Waals surface area contributed by atoms with E-state index < -0.39 is 6.17 Å². The van der Waals surface area contributed by atoms with Gasteiger partial charge in [-0.25, -0.2) is 5.01 Å². The Morgan fingerprint density at radius 2 is 2.05 bits per heavy atom. The third kappa shape index (κ3) is 2.86. The molecule has 2 aromatic rings. The van der Waals surface area contributed by atoms with Crippen molar-refractivity contribution in [3.63, 3.8) is 0 Å². The van der Waals surface area contributed by atoms with Gasteiger partial charge in [0.2, 0.25) is 0 Å². The minimum absolute atomic E-state index is 0.490. The van der Waals surface area contributed by atoms with Crippen LogP contribution in [0.2, 0.25) is 0 Å². The SMILES string of the molecule is O=CC1NCC(c2ccccn2)=NN1c1ccccc1Br. The molecule has 0 aliphatic carbocycles. The molecule has 1 N–H and O–H groups in total. The minimum atomic E-state index is -0.490. The largest absolute Gasteiger partial charge is 0.299 e. The fourth-order valence-corrected chi connectivity index (χ4v) is 2.60. The average molecular weight is 345 g/mol. The molecule has 1 aliphatic heterocycles. The standard InChI is InChI=1S/C15H13BrN4O/c16-11-5-1-2-7-14(11)20-15(10-21)18-9-13(19-20)12-6-3-4-8-17-12/h1-8,10,15,18H,9H2. The molecule has 1 atom stereocenters. The topological polar surface area (TPSA) is 57.6 Å². The summed E-state index contributed by atoms with van der Waals surface area (Å²) in [4.78, 5) is 15.6. The van der Waals surface area contributed by atoms with Crippen molar-refractivity contribution in [2.45, 2.75) is 6.17 Å². The number of para-hydroxylation sites is 1. The van der Waals surface area contributed by atoms with Crippen LogP contribution in [0, 0.1) is 0 Å². The molecule has 0 saturated heterocycles. The Morgan fingerprint density at radius 3 is 2.76 bits per heavy atom. The van der Waals surface area contributed by atoms with Crippen molar-refractivity contribution in [3.05, 3.63) is 58.8 Å². The van der Waals surface area contributed by atoms with Gasteiger partial charge in [-0.15, -0.1) is 0 Å². The molecule has 6 heteroatoms. The predicted octanol–water partition coefficient (Wildman–Crippen LogP) is 2.18. The van der Waals surface area contributed by atoms with Crippen LogP contribution in [0.1, 0.15) is 5.69 Å². The summed E-state index contributed by atoms with van der Waals surface area (Å²) in [6.07, 6.45) is 2.08. The molecule has 1 aromatic carbocycles. The van der Waals surface area contributed by atoms with Gasteiger partial charge in [-0.3, -0.25) is 15.1 Å². The summed E-state index contributed by atoms with van der Waals surface area (Å²) in [6, 6.07) is 13.3. The molecule has 106 valence electrons. The molecule has 0 spiro atoms. The molecule has 0 bridgehead atoms. The maximum absolute atomic E-state index is 11.3. The van der Waals surface area contributed by atoms with Gasteiger partial charge in [-0.05, 0) is 40.2 Å². The van der Waals surface area contributed by atoms with Crippen LogP contribution in [0.4, 0.5) is 5.69 Å².